The minimum atomic E-state index is -0.598. The highest BCUT2D eigenvalue weighted by molar-refractivity contribution is 7.22. The molecule has 10 heteroatoms. The van der Waals surface area contributed by atoms with Gasteiger partial charge in [-0.25, -0.2) is 9.78 Å². The summed E-state index contributed by atoms with van der Waals surface area (Å²) in [6.07, 6.45) is 2.36. The van der Waals surface area contributed by atoms with Gasteiger partial charge >= 0.3 is 5.97 Å². The van der Waals surface area contributed by atoms with Gasteiger partial charge < -0.3 is 20.1 Å². The van der Waals surface area contributed by atoms with Gasteiger partial charge in [-0.3, -0.25) is 15.1 Å². The quantitative estimate of drug-likeness (QED) is 0.261. The van der Waals surface area contributed by atoms with Gasteiger partial charge in [0.2, 0.25) is 5.91 Å². The SMILES string of the molecule is CC(C)(C)OC(=O)C(Cc1ccc(OCCCC(=O)NC2=NCCCN2)cc1)Nc1nc2ccccc2s1. The molecule has 1 atom stereocenters. The van der Waals surface area contributed by atoms with Crippen LogP contribution in [0.3, 0.4) is 0 Å². The second kappa shape index (κ2) is 12.7. The van der Waals surface area contributed by atoms with Crippen molar-refractivity contribution < 1.29 is 19.1 Å². The molecule has 3 N–H and O–H groups in total. The summed E-state index contributed by atoms with van der Waals surface area (Å²) in [5.74, 6) is 0.858. The summed E-state index contributed by atoms with van der Waals surface area (Å²) in [7, 11) is 0. The van der Waals surface area contributed by atoms with Crippen LogP contribution in [0.15, 0.2) is 53.5 Å². The van der Waals surface area contributed by atoms with Crippen molar-refractivity contribution in [3.05, 3.63) is 54.1 Å². The molecular weight excluding hydrogens is 502 g/mol. The van der Waals surface area contributed by atoms with E-state index in [0.29, 0.717) is 42.7 Å². The topological polar surface area (TPSA) is 114 Å². The highest BCUT2D eigenvalue weighted by Gasteiger charge is 2.26. The van der Waals surface area contributed by atoms with Gasteiger partial charge in [-0.1, -0.05) is 35.6 Å². The van der Waals surface area contributed by atoms with Crippen LogP contribution >= 0.6 is 11.3 Å². The van der Waals surface area contributed by atoms with Crippen molar-refractivity contribution in [2.24, 2.45) is 4.99 Å². The van der Waals surface area contributed by atoms with Crippen LogP contribution in [-0.2, 0) is 20.7 Å². The van der Waals surface area contributed by atoms with Gasteiger partial charge in [-0.2, -0.15) is 0 Å². The third-order valence-corrected chi connectivity index (χ3v) is 6.59. The number of guanidine groups is 1. The maximum atomic E-state index is 13.0. The Kier molecular flexibility index (Phi) is 9.17. The normalized spacial score (nSPS) is 14.2. The molecule has 1 amide bonds. The maximum absolute atomic E-state index is 13.0. The van der Waals surface area contributed by atoms with Crippen molar-refractivity contribution in [2.75, 3.05) is 25.0 Å². The molecule has 0 bridgehead atoms. The van der Waals surface area contributed by atoms with Crippen LogP contribution in [0.25, 0.3) is 10.2 Å². The lowest BCUT2D eigenvalue weighted by Gasteiger charge is -2.24. The monoisotopic (exact) mass is 537 g/mol. The fourth-order valence-electron chi connectivity index (χ4n) is 3.84. The van der Waals surface area contributed by atoms with E-state index < -0.39 is 11.6 Å². The lowest BCUT2D eigenvalue weighted by molar-refractivity contribution is -0.155. The number of esters is 1. The fraction of sp³-hybridized carbons (Fsp3) is 0.429. The standard InChI is InChI=1S/C28H35N5O4S/c1-28(2,3)37-25(35)22(32-27-31-21-8-4-5-9-23(21)38-27)18-19-11-13-20(14-12-19)36-17-6-10-24(34)33-26-29-15-7-16-30-26/h4-5,8-9,11-14,22H,6-7,10,15-18H2,1-3H3,(H,31,32)(H2,29,30,33,34). The Balaban J connectivity index is 1.30. The average molecular weight is 538 g/mol. The highest BCUT2D eigenvalue weighted by Crippen LogP contribution is 2.27. The van der Waals surface area contributed by atoms with Gasteiger partial charge in [0.1, 0.15) is 17.4 Å². The number of carbonyl (C=O) groups is 2. The molecule has 4 rings (SSSR count). The van der Waals surface area contributed by atoms with Gasteiger partial charge in [-0.15, -0.1) is 0 Å². The van der Waals surface area contributed by atoms with E-state index in [9.17, 15) is 9.59 Å². The Bertz CT molecular complexity index is 1230. The number of carbonyl (C=O) groups excluding carboxylic acids is 2. The Labute approximate surface area is 227 Å². The number of rotatable bonds is 10. The lowest BCUT2D eigenvalue weighted by atomic mass is 10.1. The summed E-state index contributed by atoms with van der Waals surface area (Å²) >= 11 is 1.51. The largest absolute Gasteiger partial charge is 0.494 e. The maximum Gasteiger partial charge on any atom is 0.329 e. The summed E-state index contributed by atoms with van der Waals surface area (Å²) in [5, 5.41) is 9.83. The van der Waals surface area contributed by atoms with Gasteiger partial charge in [0.05, 0.1) is 16.8 Å². The molecule has 9 nitrogen and oxygen atoms in total. The fourth-order valence-corrected chi connectivity index (χ4v) is 4.76. The number of amides is 1. The highest BCUT2D eigenvalue weighted by atomic mass is 32.1. The Hall–Kier alpha value is -3.66. The minimum absolute atomic E-state index is 0.0779. The van der Waals surface area contributed by atoms with Crippen LogP contribution in [0.1, 0.15) is 45.6 Å². The predicted molar refractivity (Wildman–Crippen MR) is 151 cm³/mol. The lowest BCUT2D eigenvalue weighted by Crippen LogP contribution is -2.43. The summed E-state index contributed by atoms with van der Waals surface area (Å²) < 4.78 is 12.5. The first-order chi connectivity index (χ1) is 18.2. The molecule has 1 aliphatic rings. The van der Waals surface area contributed by atoms with Crippen LogP contribution in [0.5, 0.6) is 5.75 Å². The smallest absolute Gasteiger partial charge is 0.329 e. The zero-order valence-electron chi connectivity index (χ0n) is 22.1. The van der Waals surface area contributed by atoms with Crippen LogP contribution in [0.2, 0.25) is 0 Å². The van der Waals surface area contributed by atoms with Gasteiger partial charge in [0.15, 0.2) is 11.1 Å². The second-order valence-corrected chi connectivity index (χ2v) is 11.1. The third-order valence-electron chi connectivity index (χ3n) is 5.62. The number of aromatic nitrogens is 1. The first-order valence-electron chi connectivity index (χ1n) is 12.9. The number of hydrogen-bond donors (Lipinski definition) is 3. The van der Waals surface area contributed by atoms with E-state index in [-0.39, 0.29) is 11.9 Å². The number of nitrogens with one attached hydrogen (secondary N) is 3. The first kappa shape index (κ1) is 27.4. The molecule has 0 radical (unpaired) electrons. The van der Waals surface area contributed by atoms with E-state index in [4.69, 9.17) is 9.47 Å². The molecule has 0 aliphatic carbocycles. The molecule has 0 fully saturated rings. The Morgan fingerprint density at radius 2 is 1.92 bits per heavy atom. The van der Waals surface area contributed by atoms with E-state index in [1.807, 2.05) is 69.3 Å². The molecule has 0 saturated carbocycles. The summed E-state index contributed by atoms with van der Waals surface area (Å²) in [6, 6.07) is 14.9. The van der Waals surface area contributed by atoms with Crippen molar-refractivity contribution in [1.29, 1.82) is 0 Å². The summed E-state index contributed by atoms with van der Waals surface area (Å²) in [4.78, 5) is 33.9. The molecule has 1 aromatic heterocycles. The average Bonchev–Trinajstić information content (AvgIpc) is 3.29. The molecule has 1 aliphatic heterocycles. The molecule has 3 aromatic rings. The van der Waals surface area contributed by atoms with Crippen molar-refractivity contribution in [3.63, 3.8) is 0 Å². The number of anilines is 1. The van der Waals surface area contributed by atoms with E-state index >= 15 is 0 Å². The van der Waals surface area contributed by atoms with E-state index in [0.717, 1.165) is 35.3 Å². The van der Waals surface area contributed by atoms with Crippen molar-refractivity contribution in [1.82, 2.24) is 15.6 Å². The van der Waals surface area contributed by atoms with Crippen molar-refractivity contribution >= 4 is 44.5 Å². The number of aliphatic imine (C=N–C) groups is 1. The van der Waals surface area contributed by atoms with E-state index in [2.05, 4.69) is 25.9 Å². The van der Waals surface area contributed by atoms with Gasteiger partial charge in [-0.05, 0) is 63.4 Å². The number of benzene rings is 2. The number of nitrogens with zero attached hydrogens (tertiary/aromatic N) is 2. The zero-order valence-corrected chi connectivity index (χ0v) is 22.9. The molecule has 202 valence electrons. The molecule has 0 saturated heterocycles. The molecule has 0 spiro atoms. The summed E-state index contributed by atoms with van der Waals surface area (Å²) in [6.45, 7) is 7.56. The number of fused-ring (bicyclic) bond motifs is 1. The van der Waals surface area contributed by atoms with Crippen LogP contribution in [0, 0.1) is 0 Å². The Morgan fingerprint density at radius 1 is 1.13 bits per heavy atom. The van der Waals surface area contributed by atoms with Crippen molar-refractivity contribution in [2.45, 2.75) is 58.1 Å². The number of para-hydroxylation sites is 1. The molecule has 1 unspecified atom stereocenters. The van der Waals surface area contributed by atoms with E-state index in [1.54, 1.807) is 0 Å². The van der Waals surface area contributed by atoms with Crippen molar-refractivity contribution in [3.8, 4) is 5.75 Å². The molecular formula is C28H35N5O4S. The number of thiazole rings is 1. The number of ether oxygens (including phenoxy) is 2. The molecule has 38 heavy (non-hydrogen) atoms. The first-order valence-corrected chi connectivity index (χ1v) is 13.7. The van der Waals surface area contributed by atoms with Gasteiger partial charge in [0.25, 0.3) is 0 Å². The van der Waals surface area contributed by atoms with Crippen LogP contribution < -0.4 is 20.7 Å². The van der Waals surface area contributed by atoms with Crippen LogP contribution in [-0.4, -0.2) is 54.2 Å². The summed E-state index contributed by atoms with van der Waals surface area (Å²) in [5.41, 5.74) is 1.25. The van der Waals surface area contributed by atoms with Gasteiger partial charge in [0, 0.05) is 25.9 Å². The second-order valence-electron chi connectivity index (χ2n) is 10.1. The number of hydrogen-bond acceptors (Lipinski definition) is 9. The third kappa shape index (κ3) is 8.44. The van der Waals surface area contributed by atoms with E-state index in [1.165, 1.54) is 11.3 Å². The predicted octanol–water partition coefficient (Wildman–Crippen LogP) is 4.29. The molecule has 2 aromatic carbocycles. The molecule has 2 heterocycles. The Morgan fingerprint density at radius 3 is 2.63 bits per heavy atom. The zero-order chi connectivity index (χ0) is 27.0. The van der Waals surface area contributed by atoms with Crippen LogP contribution in [0.4, 0.5) is 5.13 Å². The minimum Gasteiger partial charge on any atom is -0.494 e.